The van der Waals surface area contributed by atoms with E-state index in [-0.39, 0.29) is 22.3 Å². The summed E-state index contributed by atoms with van der Waals surface area (Å²) in [4.78, 5) is 23.9. The lowest BCUT2D eigenvalue weighted by atomic mass is 10.0. The van der Waals surface area contributed by atoms with Crippen molar-refractivity contribution in [2.45, 2.75) is 178 Å². The molecule has 0 aromatic carbocycles. The van der Waals surface area contributed by atoms with Crippen LogP contribution in [0, 0.1) is 0 Å². The van der Waals surface area contributed by atoms with Gasteiger partial charge in [-0.15, -0.1) is 0 Å². The van der Waals surface area contributed by atoms with Crippen molar-refractivity contribution in [1.82, 2.24) is 0 Å². The van der Waals surface area contributed by atoms with Crippen LogP contribution in [0.1, 0.15) is 168 Å². The van der Waals surface area contributed by atoms with Gasteiger partial charge < -0.3 is 11.5 Å². The van der Waals surface area contributed by atoms with Gasteiger partial charge in [-0.1, -0.05) is 177 Å². The van der Waals surface area contributed by atoms with Gasteiger partial charge in [-0.2, -0.15) is 0 Å². The van der Waals surface area contributed by atoms with Crippen LogP contribution >= 0.6 is 21.6 Å². The van der Waals surface area contributed by atoms with Crippen molar-refractivity contribution in [2.75, 3.05) is 0 Å². The average Bonchev–Trinajstić information content (AvgIpc) is 2.85. The van der Waals surface area contributed by atoms with Crippen molar-refractivity contribution in [3.8, 4) is 0 Å². The van der Waals surface area contributed by atoms with Gasteiger partial charge in [-0.05, 0) is 12.8 Å². The molecule has 4 N–H and O–H groups in total. The maximum absolute atomic E-state index is 11.9. The highest BCUT2D eigenvalue weighted by atomic mass is 33.1. The van der Waals surface area contributed by atoms with Crippen LogP contribution in [-0.2, 0) is 9.59 Å². The van der Waals surface area contributed by atoms with Gasteiger partial charge in [0.15, 0.2) is 0 Å². The Morgan fingerprint density at radius 2 is 0.667 bits per heavy atom. The second-order valence-electron chi connectivity index (χ2n) is 10.6. The minimum Gasteiger partial charge on any atom is -0.369 e. The third kappa shape index (κ3) is 24.0. The lowest BCUT2D eigenvalue weighted by Gasteiger charge is -2.16. The molecule has 0 saturated heterocycles. The van der Waals surface area contributed by atoms with Crippen molar-refractivity contribution < 1.29 is 9.59 Å². The maximum Gasteiger partial charge on any atom is 0.231 e. The number of nitrogens with two attached hydrogens (primary N) is 2. The highest BCUT2D eigenvalue weighted by Crippen LogP contribution is 2.35. The van der Waals surface area contributed by atoms with Gasteiger partial charge in [0, 0.05) is 0 Å². The minimum absolute atomic E-state index is 0.229. The number of hydrogen-bond donors (Lipinski definition) is 2. The van der Waals surface area contributed by atoms with Crippen molar-refractivity contribution >= 4 is 33.4 Å². The third-order valence-electron chi connectivity index (χ3n) is 7.06. The van der Waals surface area contributed by atoms with E-state index in [2.05, 4.69) is 13.8 Å². The summed E-state index contributed by atoms with van der Waals surface area (Å²) in [5, 5.41) is -0.458. The Hall–Kier alpha value is -0.360. The number of carbonyl (C=O) groups excluding carboxylic acids is 2. The Balaban J connectivity index is 3.85. The molecular formula is C30H60N2O2S2. The minimum atomic E-state index is -0.266. The molecule has 0 rings (SSSR count). The van der Waals surface area contributed by atoms with Gasteiger partial charge in [0.05, 0.1) is 10.5 Å². The fourth-order valence-corrected chi connectivity index (χ4v) is 7.53. The van der Waals surface area contributed by atoms with Crippen LogP contribution in [0.5, 0.6) is 0 Å². The molecule has 0 aliphatic heterocycles. The van der Waals surface area contributed by atoms with Crippen LogP contribution in [0.3, 0.4) is 0 Å². The molecule has 0 aromatic rings. The van der Waals surface area contributed by atoms with Gasteiger partial charge in [0.2, 0.25) is 11.8 Å². The smallest absolute Gasteiger partial charge is 0.231 e. The Labute approximate surface area is 232 Å². The van der Waals surface area contributed by atoms with Crippen molar-refractivity contribution in [3.63, 3.8) is 0 Å². The molecule has 0 spiro atoms. The van der Waals surface area contributed by atoms with E-state index in [1.54, 1.807) is 0 Å². The zero-order chi connectivity index (χ0) is 26.7. The first-order valence-corrected chi connectivity index (χ1v) is 17.7. The molecule has 0 bridgehead atoms. The molecule has 4 nitrogen and oxygen atoms in total. The highest BCUT2D eigenvalue weighted by Gasteiger charge is 2.22. The first-order chi connectivity index (χ1) is 17.5. The van der Waals surface area contributed by atoms with Gasteiger partial charge >= 0.3 is 0 Å². The molecule has 2 atom stereocenters. The Morgan fingerprint density at radius 1 is 0.444 bits per heavy atom. The standard InChI is InChI=1S/C30H60N2O2S2/c1-3-5-7-9-11-13-15-17-19-21-23-25-27(29(31)33)35-36-28(30(32)34)26-24-22-20-18-16-14-12-10-8-6-4-2/h27-28H,3-26H2,1-2H3,(H2,31,33)(H2,32,34). The lowest BCUT2D eigenvalue weighted by Crippen LogP contribution is -2.28. The third-order valence-corrected chi connectivity index (χ3v) is 10.3. The van der Waals surface area contributed by atoms with Gasteiger partial charge in [0.25, 0.3) is 0 Å². The normalized spacial score (nSPS) is 13.1. The zero-order valence-electron chi connectivity index (χ0n) is 23.9. The zero-order valence-corrected chi connectivity index (χ0v) is 25.5. The summed E-state index contributed by atoms with van der Waals surface area (Å²) in [7, 11) is 2.94. The number of amides is 2. The second-order valence-corrected chi connectivity index (χ2v) is 13.3. The predicted octanol–water partition coefficient (Wildman–Crippen LogP) is 9.48. The molecule has 6 heteroatoms. The first-order valence-electron chi connectivity index (χ1n) is 15.4. The Bertz CT molecular complexity index is 461. The molecule has 0 fully saturated rings. The number of rotatable bonds is 29. The monoisotopic (exact) mass is 544 g/mol. The number of primary amides is 2. The SMILES string of the molecule is CCCCCCCCCCCCCC(SSC(CCCCCCCCCCCCC)C(N)=O)C(N)=O. The fraction of sp³-hybridized carbons (Fsp3) is 0.933. The van der Waals surface area contributed by atoms with Crippen LogP contribution in [0.4, 0.5) is 0 Å². The first kappa shape index (κ1) is 35.6. The maximum atomic E-state index is 11.9. The van der Waals surface area contributed by atoms with Crippen LogP contribution in [0.15, 0.2) is 0 Å². The Morgan fingerprint density at radius 3 is 0.889 bits per heavy atom. The van der Waals surface area contributed by atoms with Crippen LogP contribution in [0.2, 0.25) is 0 Å². The van der Waals surface area contributed by atoms with E-state index in [4.69, 9.17) is 11.5 Å². The number of unbranched alkanes of at least 4 members (excludes halogenated alkanes) is 20. The molecule has 0 heterocycles. The van der Waals surface area contributed by atoms with Crippen molar-refractivity contribution in [2.24, 2.45) is 11.5 Å². The van der Waals surface area contributed by atoms with E-state index in [0.717, 1.165) is 38.5 Å². The second kappa shape index (κ2) is 27.7. The summed E-state index contributed by atoms with van der Waals surface area (Å²) in [5.74, 6) is -0.532. The highest BCUT2D eigenvalue weighted by molar-refractivity contribution is 8.77. The van der Waals surface area contributed by atoms with Crippen molar-refractivity contribution in [3.05, 3.63) is 0 Å². The topological polar surface area (TPSA) is 86.2 Å². The van der Waals surface area contributed by atoms with Gasteiger partial charge in [-0.25, -0.2) is 0 Å². The molecule has 0 saturated carbocycles. The summed E-state index contributed by atoms with van der Waals surface area (Å²) in [6.45, 7) is 4.52. The summed E-state index contributed by atoms with van der Waals surface area (Å²) in [6, 6.07) is 0. The van der Waals surface area contributed by atoms with Crippen LogP contribution in [0.25, 0.3) is 0 Å². The van der Waals surface area contributed by atoms with E-state index in [1.165, 1.54) is 137 Å². The van der Waals surface area contributed by atoms with Gasteiger partial charge in [0.1, 0.15) is 0 Å². The molecule has 0 radical (unpaired) electrons. The molecular weight excluding hydrogens is 484 g/mol. The quantitative estimate of drug-likeness (QED) is 0.0725. The van der Waals surface area contributed by atoms with E-state index in [9.17, 15) is 9.59 Å². The summed E-state index contributed by atoms with van der Waals surface area (Å²) < 4.78 is 0. The van der Waals surface area contributed by atoms with Crippen LogP contribution in [-0.4, -0.2) is 22.3 Å². The van der Waals surface area contributed by atoms with Crippen molar-refractivity contribution in [1.29, 1.82) is 0 Å². The van der Waals surface area contributed by atoms with E-state index in [1.807, 2.05) is 0 Å². The summed E-state index contributed by atoms with van der Waals surface area (Å²) in [5.41, 5.74) is 11.3. The number of hydrogen-bond acceptors (Lipinski definition) is 4. The summed E-state index contributed by atoms with van der Waals surface area (Å²) in [6.07, 6.45) is 30.0. The number of carbonyl (C=O) groups is 2. The van der Waals surface area contributed by atoms with Crippen LogP contribution < -0.4 is 11.5 Å². The van der Waals surface area contributed by atoms with E-state index >= 15 is 0 Å². The lowest BCUT2D eigenvalue weighted by molar-refractivity contribution is -0.118. The van der Waals surface area contributed by atoms with E-state index in [0.29, 0.717) is 0 Å². The predicted molar refractivity (Wildman–Crippen MR) is 163 cm³/mol. The summed E-state index contributed by atoms with van der Waals surface area (Å²) >= 11 is 0. The van der Waals surface area contributed by atoms with Gasteiger partial charge in [-0.3, -0.25) is 9.59 Å². The van der Waals surface area contributed by atoms with E-state index < -0.39 is 0 Å². The molecule has 214 valence electrons. The Kier molecular flexibility index (Phi) is 27.4. The molecule has 0 aliphatic rings. The molecule has 2 unspecified atom stereocenters. The fourth-order valence-electron chi connectivity index (χ4n) is 4.60. The molecule has 0 aromatic heterocycles. The largest absolute Gasteiger partial charge is 0.369 e. The molecule has 36 heavy (non-hydrogen) atoms. The molecule has 0 aliphatic carbocycles. The molecule has 2 amide bonds. The average molecular weight is 545 g/mol.